The van der Waals surface area contributed by atoms with Crippen LogP contribution in [0.25, 0.3) is 49.1 Å². The summed E-state index contributed by atoms with van der Waals surface area (Å²) in [4.78, 5) is 15.6. The van der Waals surface area contributed by atoms with Gasteiger partial charge in [-0.2, -0.15) is 0 Å². The Morgan fingerprint density at radius 3 is 1.08 bits per heavy atom. The van der Waals surface area contributed by atoms with Crippen molar-refractivity contribution in [2.24, 2.45) is 0 Å². The summed E-state index contributed by atoms with van der Waals surface area (Å²) in [6.07, 6.45) is 7.42. The molecule has 0 atom stereocenters. The minimum atomic E-state index is 1.06. The Balaban J connectivity index is 1.03. The van der Waals surface area contributed by atoms with E-state index in [1.165, 1.54) is 32.0 Å². The third-order valence-electron chi connectivity index (χ3n) is 10.3. The van der Waals surface area contributed by atoms with Crippen molar-refractivity contribution in [3.05, 3.63) is 225 Å². The molecule has 59 heavy (non-hydrogen) atoms. The molecular formula is C52H37N5S2. The number of hydrogen-bond acceptors (Lipinski definition) is 6. The lowest BCUT2D eigenvalue weighted by Gasteiger charge is -2.23. The first-order valence-electron chi connectivity index (χ1n) is 19.5. The Labute approximate surface area is 352 Å². The quantitative estimate of drug-likeness (QED) is 0.131. The summed E-state index contributed by atoms with van der Waals surface area (Å²) in [7, 11) is 0. The molecule has 10 rings (SSSR count). The molecule has 282 valence electrons. The highest BCUT2D eigenvalue weighted by molar-refractivity contribution is 7.20. The molecule has 0 aliphatic carbocycles. The van der Waals surface area contributed by atoms with Gasteiger partial charge in [-0.15, -0.1) is 22.7 Å². The average Bonchev–Trinajstić information content (AvgIpc) is 4.10. The molecular weight excluding hydrogens is 759 g/mol. The number of para-hydroxylation sites is 1. The number of thiophene rings is 2. The van der Waals surface area contributed by atoms with Crippen molar-refractivity contribution in [2.45, 2.75) is 0 Å². The SMILES string of the molecule is c1ccc(-c2ccc(N(c3ccncc3)c3ccc(-c4ccc(-c5ccc(N(c6ccncc6)c6ccc(-c7ccccc7)cc6)s5)n4-c4ccccc4)s3)cc2)cc1. The zero-order valence-corrected chi connectivity index (χ0v) is 33.5. The van der Waals surface area contributed by atoms with Gasteiger partial charge < -0.3 is 14.4 Å². The highest BCUT2D eigenvalue weighted by atomic mass is 32.1. The zero-order chi connectivity index (χ0) is 39.4. The van der Waals surface area contributed by atoms with Crippen LogP contribution in [0, 0.1) is 0 Å². The maximum atomic E-state index is 4.33. The molecule has 5 heterocycles. The van der Waals surface area contributed by atoms with Crippen molar-refractivity contribution in [1.82, 2.24) is 14.5 Å². The molecule has 0 saturated carbocycles. The van der Waals surface area contributed by atoms with E-state index in [2.05, 4.69) is 225 Å². The van der Waals surface area contributed by atoms with E-state index in [0.717, 1.165) is 49.8 Å². The van der Waals surface area contributed by atoms with Gasteiger partial charge in [-0.3, -0.25) is 9.97 Å². The second-order valence-corrected chi connectivity index (χ2v) is 16.1. The number of anilines is 6. The van der Waals surface area contributed by atoms with Gasteiger partial charge in [-0.25, -0.2) is 0 Å². The summed E-state index contributed by atoms with van der Waals surface area (Å²) in [6.45, 7) is 0. The van der Waals surface area contributed by atoms with Crippen molar-refractivity contribution < 1.29 is 0 Å². The number of aromatic nitrogens is 3. The molecule has 0 radical (unpaired) electrons. The Hall–Kier alpha value is -7.32. The van der Waals surface area contributed by atoms with E-state index in [-0.39, 0.29) is 0 Å². The molecule has 0 spiro atoms. The van der Waals surface area contributed by atoms with Gasteiger partial charge in [0, 0.05) is 53.2 Å². The molecule has 0 saturated heterocycles. The van der Waals surface area contributed by atoms with Crippen molar-refractivity contribution >= 4 is 55.4 Å². The average molecular weight is 796 g/mol. The van der Waals surface area contributed by atoms with Crippen molar-refractivity contribution in [2.75, 3.05) is 9.80 Å². The van der Waals surface area contributed by atoms with Gasteiger partial charge in [-0.1, -0.05) is 103 Å². The largest absolute Gasteiger partial charge is 0.308 e. The summed E-state index contributed by atoms with van der Waals surface area (Å²) in [5.74, 6) is 0. The van der Waals surface area contributed by atoms with Gasteiger partial charge in [0.1, 0.15) is 10.0 Å². The smallest absolute Gasteiger partial charge is 0.101 e. The summed E-state index contributed by atoms with van der Waals surface area (Å²) in [5, 5.41) is 2.23. The lowest BCUT2D eigenvalue weighted by atomic mass is 10.1. The molecule has 0 aliphatic rings. The van der Waals surface area contributed by atoms with E-state index in [1.807, 2.05) is 24.8 Å². The van der Waals surface area contributed by atoms with Gasteiger partial charge in [0.15, 0.2) is 0 Å². The molecule has 7 heteroatoms. The summed E-state index contributed by atoms with van der Waals surface area (Å²) < 4.78 is 2.39. The normalized spacial score (nSPS) is 11.1. The summed E-state index contributed by atoms with van der Waals surface area (Å²) >= 11 is 3.56. The van der Waals surface area contributed by atoms with Crippen LogP contribution >= 0.6 is 22.7 Å². The predicted octanol–water partition coefficient (Wildman–Crippen LogP) is 15.0. The first kappa shape index (κ1) is 36.0. The molecule has 10 aromatic rings. The highest BCUT2D eigenvalue weighted by Gasteiger charge is 2.22. The van der Waals surface area contributed by atoms with Gasteiger partial charge in [0.2, 0.25) is 0 Å². The fraction of sp³-hybridized carbons (Fsp3) is 0. The number of pyridine rings is 2. The van der Waals surface area contributed by atoms with Gasteiger partial charge in [0.25, 0.3) is 0 Å². The third-order valence-corrected chi connectivity index (χ3v) is 12.5. The fourth-order valence-electron chi connectivity index (χ4n) is 7.51. The predicted molar refractivity (Wildman–Crippen MR) is 248 cm³/mol. The minimum absolute atomic E-state index is 1.06. The summed E-state index contributed by atoms with van der Waals surface area (Å²) in [6, 6.07) is 71.0. The number of rotatable bonds is 11. The topological polar surface area (TPSA) is 37.2 Å². The van der Waals surface area contributed by atoms with Gasteiger partial charge in [-0.05, 0) is 119 Å². The van der Waals surface area contributed by atoms with Crippen LogP contribution in [-0.2, 0) is 0 Å². The van der Waals surface area contributed by atoms with E-state index in [1.54, 1.807) is 22.7 Å². The number of hydrogen-bond donors (Lipinski definition) is 0. The van der Waals surface area contributed by atoms with Crippen LogP contribution in [-0.4, -0.2) is 14.5 Å². The lowest BCUT2D eigenvalue weighted by molar-refractivity contribution is 1.10. The molecule has 0 unspecified atom stereocenters. The van der Waals surface area contributed by atoms with Crippen molar-refractivity contribution in [1.29, 1.82) is 0 Å². The van der Waals surface area contributed by atoms with Gasteiger partial charge in [0.05, 0.1) is 21.1 Å². The molecule has 0 amide bonds. The van der Waals surface area contributed by atoms with E-state index >= 15 is 0 Å². The molecule has 0 bridgehead atoms. The number of nitrogens with zero attached hydrogens (tertiary/aromatic N) is 5. The van der Waals surface area contributed by atoms with Crippen LogP contribution in [0.15, 0.2) is 225 Å². The van der Waals surface area contributed by atoms with E-state index in [9.17, 15) is 0 Å². The minimum Gasteiger partial charge on any atom is -0.308 e. The Bertz CT molecular complexity index is 2720. The van der Waals surface area contributed by atoms with Crippen molar-refractivity contribution in [3.63, 3.8) is 0 Å². The van der Waals surface area contributed by atoms with Gasteiger partial charge >= 0.3 is 0 Å². The molecule has 0 aliphatic heterocycles. The van der Waals surface area contributed by atoms with Crippen LogP contribution in [0.1, 0.15) is 0 Å². The Morgan fingerprint density at radius 1 is 0.322 bits per heavy atom. The molecule has 0 N–H and O–H groups in total. The Morgan fingerprint density at radius 2 is 0.678 bits per heavy atom. The number of benzene rings is 5. The van der Waals surface area contributed by atoms with Crippen LogP contribution in [0.5, 0.6) is 0 Å². The van der Waals surface area contributed by atoms with Crippen LogP contribution in [0.2, 0.25) is 0 Å². The second-order valence-electron chi connectivity index (χ2n) is 14.0. The molecule has 5 aromatic carbocycles. The van der Waals surface area contributed by atoms with E-state index in [0.29, 0.717) is 0 Å². The molecule has 5 nitrogen and oxygen atoms in total. The van der Waals surface area contributed by atoms with Crippen molar-refractivity contribution in [3.8, 4) is 49.1 Å². The highest BCUT2D eigenvalue weighted by Crippen LogP contribution is 2.46. The first-order valence-corrected chi connectivity index (χ1v) is 21.1. The van der Waals surface area contributed by atoms with Crippen LogP contribution in [0.3, 0.4) is 0 Å². The monoisotopic (exact) mass is 795 g/mol. The Kier molecular flexibility index (Phi) is 9.94. The lowest BCUT2D eigenvalue weighted by Crippen LogP contribution is -2.08. The maximum absolute atomic E-state index is 4.33. The standard InChI is InChI=1S/C52H37N5S2/c1-4-10-38(11-5-1)40-16-20-43(21-17-40)55(45-30-34-53-35-31-45)51-28-26-49(58-51)47-24-25-48(57(47)42-14-8-3-9-15-42)50-27-29-52(59-50)56(46-32-36-54-37-33-46)44-22-18-41(19-23-44)39-12-6-2-7-13-39/h1-37H. The van der Waals surface area contributed by atoms with E-state index in [4.69, 9.17) is 0 Å². The van der Waals surface area contributed by atoms with Crippen LogP contribution < -0.4 is 9.80 Å². The molecule has 0 fully saturated rings. The second kappa shape index (κ2) is 16.3. The summed E-state index contributed by atoms with van der Waals surface area (Å²) in [5.41, 5.74) is 12.4. The maximum Gasteiger partial charge on any atom is 0.101 e. The zero-order valence-electron chi connectivity index (χ0n) is 31.9. The van der Waals surface area contributed by atoms with E-state index < -0.39 is 0 Å². The first-order chi connectivity index (χ1) is 29.3. The third kappa shape index (κ3) is 7.37. The van der Waals surface area contributed by atoms with Crippen LogP contribution in [0.4, 0.5) is 32.8 Å². The molecule has 5 aromatic heterocycles. The fourth-order valence-corrected chi connectivity index (χ4v) is 9.64.